The SMILES string of the molecule is CC(C)C(OCC1CCCO1)C(=O)Nc1ccc(NC(=O)c2ccco2)cc1. The third-order valence-corrected chi connectivity index (χ3v) is 4.50. The van der Waals surface area contributed by atoms with E-state index in [1.54, 1.807) is 36.4 Å². The first-order valence-electron chi connectivity index (χ1n) is 9.52. The topological polar surface area (TPSA) is 89.8 Å². The average Bonchev–Trinajstić information content (AvgIpc) is 3.37. The highest BCUT2D eigenvalue weighted by atomic mass is 16.5. The summed E-state index contributed by atoms with van der Waals surface area (Å²) in [6.07, 6.45) is 2.97. The van der Waals surface area contributed by atoms with Gasteiger partial charge in [-0.15, -0.1) is 0 Å². The number of hydrogen-bond donors (Lipinski definition) is 2. The van der Waals surface area contributed by atoms with Gasteiger partial charge in [0.2, 0.25) is 0 Å². The fourth-order valence-electron chi connectivity index (χ4n) is 3.01. The number of carbonyl (C=O) groups excluding carboxylic acids is 2. The second-order valence-corrected chi connectivity index (χ2v) is 7.13. The van der Waals surface area contributed by atoms with E-state index in [9.17, 15) is 9.59 Å². The van der Waals surface area contributed by atoms with E-state index in [2.05, 4.69) is 10.6 Å². The molecule has 0 saturated carbocycles. The second kappa shape index (κ2) is 9.52. The highest BCUT2D eigenvalue weighted by molar-refractivity contribution is 6.02. The molecular weight excluding hydrogens is 360 g/mol. The number of ether oxygens (including phenoxy) is 2. The van der Waals surface area contributed by atoms with Crippen LogP contribution < -0.4 is 10.6 Å². The van der Waals surface area contributed by atoms with Crippen molar-refractivity contribution in [2.75, 3.05) is 23.8 Å². The molecule has 150 valence electrons. The van der Waals surface area contributed by atoms with Crippen molar-refractivity contribution in [3.8, 4) is 0 Å². The molecule has 2 unspecified atom stereocenters. The first-order valence-corrected chi connectivity index (χ1v) is 9.52. The quantitative estimate of drug-likeness (QED) is 0.722. The van der Waals surface area contributed by atoms with Crippen LogP contribution in [0.15, 0.2) is 47.1 Å². The van der Waals surface area contributed by atoms with Crippen molar-refractivity contribution in [3.63, 3.8) is 0 Å². The highest BCUT2D eigenvalue weighted by Crippen LogP contribution is 2.18. The van der Waals surface area contributed by atoms with E-state index in [4.69, 9.17) is 13.9 Å². The van der Waals surface area contributed by atoms with Crippen LogP contribution in [-0.2, 0) is 14.3 Å². The average molecular weight is 386 g/mol. The Labute approximate surface area is 164 Å². The third kappa shape index (κ3) is 5.43. The first-order chi connectivity index (χ1) is 13.5. The number of furan rings is 1. The lowest BCUT2D eigenvalue weighted by Gasteiger charge is -2.22. The monoisotopic (exact) mass is 386 g/mol. The molecule has 2 atom stereocenters. The van der Waals surface area contributed by atoms with Gasteiger partial charge in [-0.3, -0.25) is 9.59 Å². The summed E-state index contributed by atoms with van der Waals surface area (Å²) in [6.45, 7) is 5.09. The summed E-state index contributed by atoms with van der Waals surface area (Å²) in [5.74, 6) is -0.252. The van der Waals surface area contributed by atoms with Gasteiger partial charge in [-0.25, -0.2) is 0 Å². The molecule has 1 aliphatic rings. The zero-order valence-corrected chi connectivity index (χ0v) is 16.1. The van der Waals surface area contributed by atoms with Gasteiger partial charge in [0.25, 0.3) is 11.8 Å². The largest absolute Gasteiger partial charge is 0.459 e. The molecule has 1 fully saturated rings. The molecule has 2 N–H and O–H groups in total. The van der Waals surface area contributed by atoms with E-state index in [0.29, 0.717) is 18.0 Å². The Kier molecular flexibility index (Phi) is 6.84. The summed E-state index contributed by atoms with van der Waals surface area (Å²) in [5.41, 5.74) is 1.24. The van der Waals surface area contributed by atoms with Crippen LogP contribution in [0.5, 0.6) is 0 Å². The number of amides is 2. The van der Waals surface area contributed by atoms with Crippen LogP contribution in [0.2, 0.25) is 0 Å². The summed E-state index contributed by atoms with van der Waals surface area (Å²) in [6, 6.07) is 10.1. The number of benzene rings is 1. The van der Waals surface area contributed by atoms with Crippen molar-refractivity contribution in [1.82, 2.24) is 0 Å². The van der Waals surface area contributed by atoms with Crippen LogP contribution in [0.25, 0.3) is 0 Å². The molecule has 2 amide bonds. The Morgan fingerprint density at radius 2 is 1.86 bits per heavy atom. The minimum Gasteiger partial charge on any atom is -0.459 e. The lowest BCUT2D eigenvalue weighted by molar-refractivity contribution is -0.132. The van der Waals surface area contributed by atoms with Crippen LogP contribution in [0.4, 0.5) is 11.4 Å². The van der Waals surface area contributed by atoms with Gasteiger partial charge < -0.3 is 24.5 Å². The normalized spacial score (nSPS) is 17.5. The zero-order chi connectivity index (χ0) is 19.9. The van der Waals surface area contributed by atoms with Crippen molar-refractivity contribution in [2.45, 2.75) is 38.9 Å². The van der Waals surface area contributed by atoms with Gasteiger partial charge in [0, 0.05) is 18.0 Å². The van der Waals surface area contributed by atoms with Crippen LogP contribution in [0.3, 0.4) is 0 Å². The predicted molar refractivity (Wildman–Crippen MR) is 105 cm³/mol. The van der Waals surface area contributed by atoms with Gasteiger partial charge in [0.1, 0.15) is 6.10 Å². The Hall–Kier alpha value is -2.64. The molecule has 28 heavy (non-hydrogen) atoms. The van der Waals surface area contributed by atoms with Crippen LogP contribution in [0.1, 0.15) is 37.2 Å². The molecule has 1 aliphatic heterocycles. The second-order valence-electron chi connectivity index (χ2n) is 7.13. The van der Waals surface area contributed by atoms with Crippen molar-refractivity contribution >= 4 is 23.2 Å². The Morgan fingerprint density at radius 1 is 1.14 bits per heavy atom. The Bertz CT molecular complexity index is 765. The molecule has 2 heterocycles. The standard InChI is InChI=1S/C21H26N2O5/c1-14(2)19(28-13-17-5-3-11-26-17)21(25)23-16-9-7-15(8-10-16)22-20(24)18-6-4-12-27-18/h4,6-10,12,14,17,19H,3,5,11,13H2,1-2H3,(H,22,24)(H,23,25). The minimum atomic E-state index is -0.553. The van der Waals surface area contributed by atoms with E-state index in [1.165, 1.54) is 6.26 Å². The fourth-order valence-corrected chi connectivity index (χ4v) is 3.01. The van der Waals surface area contributed by atoms with Gasteiger partial charge in [0.15, 0.2) is 5.76 Å². The molecule has 2 aromatic rings. The van der Waals surface area contributed by atoms with Gasteiger partial charge >= 0.3 is 0 Å². The van der Waals surface area contributed by atoms with E-state index in [1.807, 2.05) is 13.8 Å². The Morgan fingerprint density at radius 3 is 2.43 bits per heavy atom. The Balaban J connectivity index is 1.53. The maximum atomic E-state index is 12.6. The zero-order valence-electron chi connectivity index (χ0n) is 16.1. The highest BCUT2D eigenvalue weighted by Gasteiger charge is 2.26. The van der Waals surface area contributed by atoms with E-state index >= 15 is 0 Å². The van der Waals surface area contributed by atoms with Gasteiger partial charge in [-0.2, -0.15) is 0 Å². The van der Waals surface area contributed by atoms with E-state index in [0.717, 1.165) is 19.4 Å². The molecule has 0 radical (unpaired) electrons. The summed E-state index contributed by atoms with van der Waals surface area (Å²) in [5, 5.41) is 5.60. The smallest absolute Gasteiger partial charge is 0.291 e. The molecule has 0 spiro atoms. The molecule has 1 saturated heterocycles. The lowest BCUT2D eigenvalue weighted by atomic mass is 10.1. The summed E-state index contributed by atoms with van der Waals surface area (Å²) >= 11 is 0. The molecule has 1 aromatic carbocycles. The number of rotatable bonds is 8. The minimum absolute atomic E-state index is 0.0354. The summed E-state index contributed by atoms with van der Waals surface area (Å²) in [4.78, 5) is 24.6. The number of hydrogen-bond acceptors (Lipinski definition) is 5. The van der Waals surface area contributed by atoms with Crippen molar-refractivity contribution < 1.29 is 23.5 Å². The number of nitrogens with one attached hydrogen (secondary N) is 2. The maximum absolute atomic E-state index is 12.6. The summed E-state index contributed by atoms with van der Waals surface area (Å²) in [7, 11) is 0. The maximum Gasteiger partial charge on any atom is 0.291 e. The molecular formula is C21H26N2O5. The molecule has 7 heteroatoms. The number of anilines is 2. The van der Waals surface area contributed by atoms with E-state index < -0.39 is 6.10 Å². The fraction of sp³-hybridized carbons (Fsp3) is 0.429. The van der Waals surface area contributed by atoms with E-state index in [-0.39, 0.29) is 29.6 Å². The van der Waals surface area contributed by atoms with Gasteiger partial charge in [-0.05, 0) is 55.2 Å². The van der Waals surface area contributed by atoms with Gasteiger partial charge in [0.05, 0.1) is 19.0 Å². The van der Waals surface area contributed by atoms with Crippen LogP contribution in [-0.4, -0.2) is 37.2 Å². The predicted octanol–water partition coefficient (Wildman–Crippen LogP) is 3.69. The van der Waals surface area contributed by atoms with Crippen molar-refractivity contribution in [1.29, 1.82) is 0 Å². The van der Waals surface area contributed by atoms with Crippen LogP contribution in [0, 0.1) is 5.92 Å². The lowest BCUT2D eigenvalue weighted by Crippen LogP contribution is -2.36. The molecule has 0 aliphatic carbocycles. The molecule has 0 bridgehead atoms. The summed E-state index contributed by atoms with van der Waals surface area (Å²) < 4.78 is 16.5. The van der Waals surface area contributed by atoms with Crippen molar-refractivity contribution in [2.24, 2.45) is 5.92 Å². The first kappa shape index (κ1) is 20.1. The third-order valence-electron chi connectivity index (χ3n) is 4.50. The van der Waals surface area contributed by atoms with Crippen molar-refractivity contribution in [3.05, 3.63) is 48.4 Å². The van der Waals surface area contributed by atoms with Gasteiger partial charge in [-0.1, -0.05) is 13.8 Å². The molecule has 1 aromatic heterocycles. The molecule has 3 rings (SSSR count). The van der Waals surface area contributed by atoms with Crippen LogP contribution >= 0.6 is 0 Å². The molecule has 7 nitrogen and oxygen atoms in total. The number of carbonyl (C=O) groups is 2.